The molecular formula is C27H40N4O. The number of aryl methyl sites for hydroxylation is 1. The number of hydrogen-bond acceptors (Lipinski definition) is 3. The van der Waals surface area contributed by atoms with Crippen molar-refractivity contribution in [3.63, 3.8) is 0 Å². The fourth-order valence-electron chi connectivity index (χ4n) is 6.07. The van der Waals surface area contributed by atoms with Crippen molar-refractivity contribution in [2.45, 2.75) is 96.2 Å². The largest absolute Gasteiger partial charge is 0.387 e. The molecule has 1 saturated carbocycles. The van der Waals surface area contributed by atoms with Gasteiger partial charge in [-0.05, 0) is 88.8 Å². The molecule has 174 valence electrons. The number of piperidine rings is 1. The van der Waals surface area contributed by atoms with Crippen LogP contribution in [0.15, 0.2) is 35.1 Å². The van der Waals surface area contributed by atoms with Crippen LogP contribution in [-0.4, -0.2) is 33.9 Å². The fraction of sp³-hybridized carbons (Fsp3) is 0.630. The van der Waals surface area contributed by atoms with Gasteiger partial charge in [0.05, 0.1) is 11.4 Å². The zero-order chi connectivity index (χ0) is 22.7. The molecule has 5 nitrogen and oxygen atoms in total. The quantitative estimate of drug-likeness (QED) is 0.337. The molecule has 0 radical (unpaired) electrons. The van der Waals surface area contributed by atoms with E-state index >= 15 is 0 Å². The number of aromatic nitrogens is 1. The lowest BCUT2D eigenvalue weighted by Gasteiger charge is -2.39. The molecule has 1 aliphatic heterocycles. The first-order chi connectivity index (χ1) is 15.5. The Labute approximate surface area is 192 Å². The van der Waals surface area contributed by atoms with Crippen LogP contribution in [0, 0.1) is 11.3 Å². The molecule has 1 aromatic carbocycles. The molecule has 2 heterocycles. The van der Waals surface area contributed by atoms with Crippen LogP contribution in [0.4, 0.5) is 0 Å². The Morgan fingerprint density at radius 3 is 2.47 bits per heavy atom. The summed E-state index contributed by atoms with van der Waals surface area (Å²) in [7, 11) is 0. The number of rotatable bonds is 8. The van der Waals surface area contributed by atoms with Gasteiger partial charge in [-0.2, -0.15) is 0 Å². The molecule has 2 unspecified atom stereocenters. The van der Waals surface area contributed by atoms with Gasteiger partial charge in [0.25, 0.3) is 5.56 Å². The van der Waals surface area contributed by atoms with E-state index in [-0.39, 0.29) is 23.2 Å². The molecule has 2 aliphatic rings. The Hall–Kier alpha value is -2.14. The zero-order valence-electron chi connectivity index (χ0n) is 19.9. The van der Waals surface area contributed by atoms with E-state index in [1.54, 1.807) is 0 Å². The molecule has 5 heteroatoms. The number of hydrogen-bond donors (Lipinski definition) is 2. The molecule has 0 amide bonds. The number of fused-ring (bicyclic) bond motifs is 1. The molecule has 0 bridgehead atoms. The van der Waals surface area contributed by atoms with E-state index in [0.29, 0.717) is 12.1 Å². The van der Waals surface area contributed by atoms with E-state index in [9.17, 15) is 4.79 Å². The molecule has 4 rings (SSSR count). The summed E-state index contributed by atoms with van der Waals surface area (Å²) in [5, 5.41) is 8.93. The van der Waals surface area contributed by atoms with Crippen molar-refractivity contribution in [1.29, 1.82) is 5.41 Å². The van der Waals surface area contributed by atoms with Gasteiger partial charge >= 0.3 is 0 Å². The third kappa shape index (κ3) is 4.93. The number of nitrogens with one attached hydrogen (secondary N) is 1. The summed E-state index contributed by atoms with van der Waals surface area (Å²) in [6.45, 7) is 6.69. The van der Waals surface area contributed by atoms with Gasteiger partial charge in [-0.3, -0.25) is 15.1 Å². The third-order valence-electron chi connectivity index (χ3n) is 8.02. The molecular weight excluding hydrogens is 396 g/mol. The van der Waals surface area contributed by atoms with Crippen LogP contribution >= 0.6 is 0 Å². The molecule has 1 aliphatic carbocycles. The van der Waals surface area contributed by atoms with Crippen molar-refractivity contribution in [3.8, 4) is 0 Å². The predicted molar refractivity (Wildman–Crippen MR) is 134 cm³/mol. The first-order valence-electron chi connectivity index (χ1n) is 12.7. The van der Waals surface area contributed by atoms with E-state index in [0.717, 1.165) is 55.1 Å². The van der Waals surface area contributed by atoms with E-state index in [4.69, 9.17) is 11.1 Å². The first kappa shape index (κ1) is 23.0. The van der Waals surface area contributed by atoms with Crippen LogP contribution in [0.5, 0.6) is 0 Å². The van der Waals surface area contributed by atoms with Crippen molar-refractivity contribution in [2.24, 2.45) is 11.7 Å². The highest BCUT2D eigenvalue weighted by Gasteiger charge is 2.30. The minimum absolute atomic E-state index is 0.124. The van der Waals surface area contributed by atoms with Gasteiger partial charge in [0.15, 0.2) is 0 Å². The van der Waals surface area contributed by atoms with E-state index in [1.807, 2.05) is 10.6 Å². The number of unbranched alkanes of at least 4 members (excludes halogenated alkanes) is 2. The summed E-state index contributed by atoms with van der Waals surface area (Å²) in [5.74, 6) is 0.610. The molecule has 3 N–H and O–H groups in total. The standard InChI is InChI=1S/C27H40N4O/c1-19-9-8-10-20(2)30(19)15-6-3-7-16-31-25-12-5-4-11-22(25)18-24(27(31)32)21-13-14-23(17-21)26(28)29/h4-5,11-12,18-21,23H,3,6-10,13-17H2,1-2H3,(H3,28,29)/t19-,20+,21?,23?. The van der Waals surface area contributed by atoms with Gasteiger partial charge in [0, 0.05) is 30.1 Å². The Balaban J connectivity index is 1.44. The summed E-state index contributed by atoms with van der Waals surface area (Å²) in [4.78, 5) is 16.2. The summed E-state index contributed by atoms with van der Waals surface area (Å²) < 4.78 is 2.01. The third-order valence-corrected chi connectivity index (χ3v) is 8.02. The lowest BCUT2D eigenvalue weighted by Crippen LogP contribution is -2.44. The number of likely N-dealkylation sites (tertiary alicyclic amines) is 1. The molecule has 2 fully saturated rings. The number of benzene rings is 1. The molecule has 32 heavy (non-hydrogen) atoms. The minimum Gasteiger partial charge on any atom is -0.387 e. The highest BCUT2D eigenvalue weighted by Crippen LogP contribution is 2.37. The Bertz CT molecular complexity index is 987. The molecule has 1 saturated heterocycles. The van der Waals surface area contributed by atoms with Crippen molar-refractivity contribution in [3.05, 3.63) is 46.2 Å². The Morgan fingerprint density at radius 2 is 1.75 bits per heavy atom. The average molecular weight is 437 g/mol. The number of para-hydroxylation sites is 1. The number of nitrogens with two attached hydrogens (primary N) is 1. The number of pyridine rings is 1. The van der Waals surface area contributed by atoms with Crippen molar-refractivity contribution in [1.82, 2.24) is 9.47 Å². The molecule has 2 aromatic rings. The molecule has 1 aromatic heterocycles. The smallest absolute Gasteiger partial charge is 0.254 e. The normalized spacial score (nSPS) is 26.6. The van der Waals surface area contributed by atoms with E-state index in [1.165, 1.54) is 32.2 Å². The number of nitrogens with zero attached hydrogens (tertiary/aromatic N) is 2. The Morgan fingerprint density at radius 1 is 1.03 bits per heavy atom. The van der Waals surface area contributed by atoms with Crippen molar-refractivity contribution in [2.75, 3.05) is 6.54 Å². The Kier molecular flexibility index (Phi) is 7.34. The second-order valence-electron chi connectivity index (χ2n) is 10.2. The maximum Gasteiger partial charge on any atom is 0.254 e. The van der Waals surface area contributed by atoms with Gasteiger partial charge in [-0.25, -0.2) is 0 Å². The van der Waals surface area contributed by atoms with Crippen LogP contribution in [0.25, 0.3) is 10.9 Å². The summed E-state index contributed by atoms with van der Waals surface area (Å²) in [6.07, 6.45) is 10.1. The first-order valence-corrected chi connectivity index (χ1v) is 12.7. The van der Waals surface area contributed by atoms with Crippen LogP contribution in [-0.2, 0) is 6.54 Å². The fourth-order valence-corrected chi connectivity index (χ4v) is 6.07. The van der Waals surface area contributed by atoms with Gasteiger partial charge in [0.2, 0.25) is 0 Å². The summed E-state index contributed by atoms with van der Waals surface area (Å²) in [5.41, 5.74) is 7.88. The monoisotopic (exact) mass is 436 g/mol. The molecule has 4 atom stereocenters. The summed E-state index contributed by atoms with van der Waals surface area (Å²) in [6, 6.07) is 11.8. The summed E-state index contributed by atoms with van der Waals surface area (Å²) >= 11 is 0. The maximum absolute atomic E-state index is 13.5. The minimum atomic E-state index is 0.124. The van der Waals surface area contributed by atoms with Gasteiger partial charge < -0.3 is 10.3 Å². The topological polar surface area (TPSA) is 75.1 Å². The zero-order valence-corrected chi connectivity index (χ0v) is 19.9. The second kappa shape index (κ2) is 10.2. The van der Waals surface area contributed by atoms with Crippen LogP contribution in [0.3, 0.4) is 0 Å². The van der Waals surface area contributed by atoms with Crippen LogP contribution in [0.2, 0.25) is 0 Å². The highest BCUT2D eigenvalue weighted by atomic mass is 16.1. The second-order valence-corrected chi connectivity index (χ2v) is 10.2. The average Bonchev–Trinajstić information content (AvgIpc) is 3.27. The van der Waals surface area contributed by atoms with E-state index < -0.39 is 0 Å². The number of amidine groups is 1. The molecule has 0 spiro atoms. The van der Waals surface area contributed by atoms with Crippen LogP contribution < -0.4 is 11.3 Å². The lowest BCUT2D eigenvalue weighted by atomic mass is 9.95. The lowest BCUT2D eigenvalue weighted by molar-refractivity contribution is 0.101. The van der Waals surface area contributed by atoms with Gasteiger partial charge in [-0.15, -0.1) is 0 Å². The van der Waals surface area contributed by atoms with Crippen LogP contribution in [0.1, 0.15) is 83.1 Å². The van der Waals surface area contributed by atoms with Crippen molar-refractivity contribution >= 4 is 16.7 Å². The van der Waals surface area contributed by atoms with Crippen molar-refractivity contribution < 1.29 is 0 Å². The highest BCUT2D eigenvalue weighted by molar-refractivity contribution is 5.81. The SMILES string of the molecule is C[C@@H]1CCC[C@H](C)N1CCCCCn1c(=O)c(C2CCC(C(=N)N)C2)cc2ccccc21. The maximum atomic E-state index is 13.5. The van der Waals surface area contributed by atoms with Gasteiger partial charge in [0.1, 0.15) is 0 Å². The predicted octanol–water partition coefficient (Wildman–Crippen LogP) is 5.25. The van der Waals surface area contributed by atoms with E-state index in [2.05, 4.69) is 43.0 Å². The van der Waals surface area contributed by atoms with Gasteiger partial charge in [-0.1, -0.05) is 31.0 Å².